The molecule has 1 unspecified atom stereocenters. The molecule has 3 aromatic rings. The van der Waals surface area contributed by atoms with Gasteiger partial charge in [0, 0.05) is 106 Å². The monoisotopic (exact) mass is 936 g/mol. The second-order valence-corrected chi connectivity index (χ2v) is 20.3. The van der Waals surface area contributed by atoms with Crippen LogP contribution in [0, 0.1) is 11.3 Å². The molecular weight excluding hydrogens is 867 g/mol. The number of hydrogen-bond donors (Lipinski definition) is 2. The smallest absolute Gasteiger partial charge is 0.324 e. The Morgan fingerprint density at radius 3 is 2.56 bits per heavy atom. The molecule has 1 aromatic carbocycles. The van der Waals surface area contributed by atoms with Crippen molar-refractivity contribution in [2.24, 2.45) is 16.3 Å². The van der Waals surface area contributed by atoms with E-state index < -0.39 is 46.9 Å². The first kappa shape index (κ1) is 48.8. The number of likely N-dealkylation sites (N-methyl/N-ethyl adjacent to an activating group) is 1. The van der Waals surface area contributed by atoms with Crippen molar-refractivity contribution < 1.29 is 38.2 Å². The van der Waals surface area contributed by atoms with Gasteiger partial charge >= 0.3 is 12.0 Å². The number of ether oxygens (including phenoxy) is 3. The van der Waals surface area contributed by atoms with Crippen LogP contribution in [0.2, 0.25) is 0 Å². The molecule has 17 heteroatoms. The van der Waals surface area contributed by atoms with Crippen molar-refractivity contribution >= 4 is 52.0 Å². The van der Waals surface area contributed by atoms with Gasteiger partial charge in [0.1, 0.15) is 24.7 Å². The Hall–Kier alpha value is -5.65. The zero-order chi connectivity index (χ0) is 48.7. The van der Waals surface area contributed by atoms with Gasteiger partial charge in [-0.25, -0.2) is 10.2 Å². The summed E-state index contributed by atoms with van der Waals surface area (Å²) in [6.07, 6.45) is 7.18. The zero-order valence-corrected chi connectivity index (χ0v) is 41.2. The number of cyclic esters (lactones) is 1. The molecule has 5 amide bonds. The van der Waals surface area contributed by atoms with Crippen LogP contribution in [-0.2, 0) is 46.4 Å². The summed E-state index contributed by atoms with van der Waals surface area (Å²) in [4.78, 5) is 85.2. The third-order valence-corrected chi connectivity index (χ3v) is 14.6. The number of likely N-dealkylation sites (tertiary alicyclic amines) is 2. The molecule has 3 fully saturated rings. The van der Waals surface area contributed by atoms with Crippen LogP contribution in [0.3, 0.4) is 0 Å². The van der Waals surface area contributed by atoms with Gasteiger partial charge in [0.15, 0.2) is 0 Å². The summed E-state index contributed by atoms with van der Waals surface area (Å²) in [5.74, 6) is -1.76. The topological polar surface area (TPSA) is 180 Å². The first-order valence-electron chi connectivity index (χ1n) is 24.3. The molecule has 2 N–H and O–H groups in total. The van der Waals surface area contributed by atoms with Crippen molar-refractivity contribution in [1.29, 1.82) is 0 Å². The molecule has 5 aliphatic rings. The average molecular weight is 936 g/mol. The highest BCUT2D eigenvalue weighted by Gasteiger charge is 2.54. The first-order valence-corrected chi connectivity index (χ1v) is 24.3. The number of nitrogens with zero attached hydrogens (tertiary/aromatic N) is 7. The number of carbonyl (C=O) groups is 5. The van der Waals surface area contributed by atoms with E-state index in [9.17, 15) is 24.0 Å². The van der Waals surface area contributed by atoms with Gasteiger partial charge in [-0.3, -0.25) is 34.2 Å². The van der Waals surface area contributed by atoms with Crippen molar-refractivity contribution in [3.63, 3.8) is 0 Å². The van der Waals surface area contributed by atoms with Crippen LogP contribution in [0.1, 0.15) is 103 Å². The van der Waals surface area contributed by atoms with E-state index in [1.807, 2.05) is 26.8 Å². The summed E-state index contributed by atoms with van der Waals surface area (Å²) in [7, 11) is 4.80. The second kappa shape index (κ2) is 19.8. The van der Waals surface area contributed by atoms with E-state index in [4.69, 9.17) is 24.2 Å². The van der Waals surface area contributed by atoms with E-state index in [2.05, 4.69) is 66.4 Å². The lowest BCUT2D eigenvalue weighted by Crippen LogP contribution is -2.68. The lowest BCUT2D eigenvalue weighted by atomic mass is 9.84. The number of aryl methyl sites for hydroxylation is 1. The summed E-state index contributed by atoms with van der Waals surface area (Å²) in [6.45, 7) is 14.7. The van der Waals surface area contributed by atoms with Gasteiger partial charge in [0.2, 0.25) is 11.8 Å². The quantitative estimate of drug-likeness (QED) is 0.246. The van der Waals surface area contributed by atoms with Crippen LogP contribution in [0.5, 0.6) is 0 Å². The minimum atomic E-state index is -1.07. The maximum absolute atomic E-state index is 14.7. The lowest BCUT2D eigenvalue weighted by molar-refractivity contribution is -0.155. The van der Waals surface area contributed by atoms with Gasteiger partial charge < -0.3 is 38.8 Å². The molecule has 2 aromatic heterocycles. The van der Waals surface area contributed by atoms with Crippen LogP contribution in [0.4, 0.5) is 4.79 Å². The lowest BCUT2D eigenvalue weighted by Gasteiger charge is -2.52. The largest absolute Gasteiger partial charge is 0.464 e. The Balaban J connectivity index is 1.12. The number of allylic oxidation sites excluding steroid dienone is 1. The number of hydrogen-bond acceptors (Lipinski definition) is 11. The van der Waals surface area contributed by atoms with E-state index in [0.717, 1.165) is 56.8 Å². The summed E-state index contributed by atoms with van der Waals surface area (Å²) in [5, 5.41) is 5.56. The fourth-order valence-electron chi connectivity index (χ4n) is 10.9. The van der Waals surface area contributed by atoms with E-state index >= 15 is 0 Å². The Kier molecular flexibility index (Phi) is 14.2. The Bertz CT molecular complexity index is 2510. The van der Waals surface area contributed by atoms with Crippen molar-refractivity contribution in [2.45, 2.75) is 123 Å². The van der Waals surface area contributed by atoms with Gasteiger partial charge in [-0.15, -0.1) is 0 Å². The van der Waals surface area contributed by atoms with Crippen molar-refractivity contribution in [2.75, 3.05) is 60.7 Å². The second-order valence-electron chi connectivity index (χ2n) is 20.3. The molecule has 0 saturated carbocycles. The maximum atomic E-state index is 14.7. The van der Waals surface area contributed by atoms with Crippen LogP contribution in [-0.4, -0.2) is 149 Å². The molecule has 3 saturated heterocycles. The van der Waals surface area contributed by atoms with Gasteiger partial charge in [-0.05, 0) is 81.7 Å². The SMILES string of the molecule is CCn1c(-c2cccnc2[C@H](C)OC)c2c3cc(ccc31)C1=CCC(=N1)C[C@H](NC(=O)[C@H](C(C)C)N(C)C(=O)N1CCC13CCN(C(=O)COC)C3)C(=O)N1CCC[C@H](N1)C(=O)OCC(C)(C)C2. The highest BCUT2D eigenvalue weighted by atomic mass is 16.5. The fourth-order valence-corrected chi connectivity index (χ4v) is 10.9. The molecule has 6 bridgehead atoms. The number of nitrogens with one attached hydrogen (secondary N) is 2. The zero-order valence-electron chi connectivity index (χ0n) is 41.2. The number of benzene rings is 1. The minimum Gasteiger partial charge on any atom is -0.464 e. The summed E-state index contributed by atoms with van der Waals surface area (Å²) in [5.41, 5.74) is 9.59. The van der Waals surface area contributed by atoms with E-state index in [1.54, 1.807) is 30.2 Å². The molecule has 68 heavy (non-hydrogen) atoms. The number of fused-ring (bicyclic) bond motifs is 5. The normalized spacial score (nSPS) is 23.8. The van der Waals surface area contributed by atoms with Gasteiger partial charge in [0.05, 0.1) is 35.3 Å². The Morgan fingerprint density at radius 2 is 1.85 bits per heavy atom. The van der Waals surface area contributed by atoms with Gasteiger partial charge in [0.25, 0.3) is 5.91 Å². The van der Waals surface area contributed by atoms with Crippen LogP contribution in [0.15, 0.2) is 47.6 Å². The molecule has 0 radical (unpaired) electrons. The number of aromatic nitrogens is 2. The summed E-state index contributed by atoms with van der Waals surface area (Å²) in [6, 6.07) is 7.39. The van der Waals surface area contributed by atoms with Gasteiger partial charge in [-0.2, -0.15) is 0 Å². The molecule has 7 heterocycles. The highest BCUT2D eigenvalue weighted by Crippen LogP contribution is 2.43. The third kappa shape index (κ3) is 9.40. The number of esters is 1. The predicted molar refractivity (Wildman–Crippen MR) is 258 cm³/mol. The number of aliphatic imine (C=N–C) groups is 1. The Labute approximate surface area is 399 Å². The maximum Gasteiger partial charge on any atom is 0.324 e. The van der Waals surface area contributed by atoms with Crippen LogP contribution < -0.4 is 10.7 Å². The Morgan fingerprint density at radius 1 is 1.07 bits per heavy atom. The van der Waals surface area contributed by atoms with Crippen molar-refractivity contribution in [1.82, 2.24) is 40.0 Å². The van der Waals surface area contributed by atoms with Crippen molar-refractivity contribution in [3.05, 3.63) is 59.4 Å². The predicted octanol–water partition coefficient (Wildman–Crippen LogP) is 5.51. The number of amides is 5. The van der Waals surface area contributed by atoms with Crippen LogP contribution in [0.25, 0.3) is 27.9 Å². The third-order valence-electron chi connectivity index (χ3n) is 14.6. The van der Waals surface area contributed by atoms with E-state index in [1.165, 1.54) is 17.0 Å². The average Bonchev–Trinajstić information content (AvgIpc) is 4.07. The molecule has 5 aliphatic heterocycles. The van der Waals surface area contributed by atoms with Crippen molar-refractivity contribution in [3.8, 4) is 11.3 Å². The molecular formula is C51H69N9O8. The molecule has 8 rings (SSSR count). The van der Waals surface area contributed by atoms with Gasteiger partial charge in [-0.1, -0.05) is 39.8 Å². The molecule has 1 spiro atoms. The number of methoxy groups -OCH3 is 2. The fraction of sp³-hybridized carbons (Fsp3) is 0.588. The summed E-state index contributed by atoms with van der Waals surface area (Å²) < 4.78 is 19.3. The van der Waals surface area contributed by atoms with Crippen LogP contribution >= 0.6 is 0 Å². The molecule has 17 nitrogen and oxygen atoms in total. The minimum absolute atomic E-state index is 0.0199. The summed E-state index contributed by atoms with van der Waals surface area (Å²) >= 11 is 0. The first-order chi connectivity index (χ1) is 32.5. The van der Waals surface area contributed by atoms with E-state index in [0.29, 0.717) is 64.8 Å². The number of hydrazine groups is 1. The molecule has 366 valence electrons. The molecule has 0 aliphatic carbocycles. The number of pyridine rings is 1. The number of rotatable bonds is 10. The number of urea groups is 1. The molecule has 5 atom stereocenters. The number of carbonyl (C=O) groups excluding carboxylic acids is 5. The highest BCUT2D eigenvalue weighted by molar-refractivity contribution is 6.02. The van der Waals surface area contributed by atoms with E-state index in [-0.39, 0.29) is 43.6 Å². The standard InChI is InChI=1S/C51H69N9O8/c1-10-58-41-18-15-33-25-36(41)37(45(58)35-13-11-21-52-43(35)32(4)67-9)27-50(5,6)30-68-48(64)39-14-12-22-60(55-39)47(63)40(26-34-16-17-38(33)53-34)54-46(62)44(31(2)3)56(7)49(65)59-24-20-51(59)19-23-57(29-51)42(61)28-66-8/h11,13,15,17-18,21,25,31-32,39-40,44,55H,10,12,14,16,19-20,22-24,26-30H2,1-9H3,(H,54,62)/t32-,39-,40-,44-,51?/m0/s1.